The van der Waals surface area contributed by atoms with Crippen LogP contribution in [0.15, 0.2) is 48.5 Å². The van der Waals surface area contributed by atoms with Gasteiger partial charge in [0.25, 0.3) is 0 Å². The van der Waals surface area contributed by atoms with Crippen LogP contribution in [-0.4, -0.2) is 105 Å². The van der Waals surface area contributed by atoms with Gasteiger partial charge in [0.1, 0.15) is 12.4 Å². The number of hydrogen-bond donors (Lipinski definition) is 0. The molecule has 0 N–H and O–H groups in total. The highest BCUT2D eigenvalue weighted by molar-refractivity contribution is 5.92. The number of amides is 1. The summed E-state index contributed by atoms with van der Waals surface area (Å²) in [4.78, 5) is 43.3. The van der Waals surface area contributed by atoms with E-state index in [0.29, 0.717) is 56.3 Å². The summed E-state index contributed by atoms with van der Waals surface area (Å²) < 4.78 is 16.1. The highest BCUT2D eigenvalue weighted by Gasteiger charge is 2.23. The molecule has 0 atom stereocenters. The number of piperazine rings is 1. The van der Waals surface area contributed by atoms with Gasteiger partial charge < -0.3 is 19.1 Å². The van der Waals surface area contributed by atoms with Crippen LogP contribution in [0.1, 0.15) is 26.3 Å². The monoisotopic (exact) mass is 495 g/mol. The predicted molar refractivity (Wildman–Crippen MR) is 133 cm³/mol. The Morgan fingerprint density at radius 1 is 0.778 bits per heavy atom. The van der Waals surface area contributed by atoms with E-state index in [0.717, 1.165) is 31.7 Å². The van der Waals surface area contributed by atoms with Crippen LogP contribution in [0.5, 0.6) is 5.75 Å². The molecule has 2 saturated heterocycles. The van der Waals surface area contributed by atoms with Gasteiger partial charge in [0.05, 0.1) is 30.9 Å². The molecule has 0 saturated carbocycles. The van der Waals surface area contributed by atoms with Crippen molar-refractivity contribution in [3.63, 3.8) is 0 Å². The number of ether oxygens (including phenoxy) is 3. The van der Waals surface area contributed by atoms with E-state index >= 15 is 0 Å². The van der Waals surface area contributed by atoms with E-state index in [1.165, 1.54) is 0 Å². The smallest absolute Gasteiger partial charge is 0.343 e. The number of morpholine rings is 1. The number of benzene rings is 2. The van der Waals surface area contributed by atoms with E-state index in [2.05, 4.69) is 9.80 Å². The lowest BCUT2D eigenvalue weighted by atomic mass is 10.1. The van der Waals surface area contributed by atoms with Crippen molar-refractivity contribution in [2.24, 2.45) is 0 Å². The summed E-state index contributed by atoms with van der Waals surface area (Å²) in [5.41, 5.74) is 1.93. The fraction of sp³-hybridized carbons (Fsp3) is 0.444. The van der Waals surface area contributed by atoms with E-state index in [1.807, 2.05) is 24.0 Å². The van der Waals surface area contributed by atoms with E-state index in [1.54, 1.807) is 36.4 Å². The van der Waals surface area contributed by atoms with Crippen LogP contribution in [0.2, 0.25) is 0 Å². The van der Waals surface area contributed by atoms with E-state index in [-0.39, 0.29) is 12.5 Å². The van der Waals surface area contributed by atoms with Gasteiger partial charge in [-0.3, -0.25) is 14.6 Å². The number of carbonyl (C=O) groups excluding carboxylic acids is 3. The first-order valence-corrected chi connectivity index (χ1v) is 12.3. The molecule has 2 fully saturated rings. The molecule has 9 heteroatoms. The molecule has 0 unspecified atom stereocenters. The Morgan fingerprint density at radius 3 is 2.03 bits per heavy atom. The summed E-state index contributed by atoms with van der Waals surface area (Å²) in [6.07, 6.45) is 0. The molecule has 9 nitrogen and oxygen atoms in total. The number of nitrogens with zero attached hydrogens (tertiary/aromatic N) is 3. The van der Waals surface area contributed by atoms with Crippen LogP contribution in [0.3, 0.4) is 0 Å². The van der Waals surface area contributed by atoms with Crippen LogP contribution < -0.4 is 4.74 Å². The molecule has 192 valence electrons. The van der Waals surface area contributed by atoms with E-state index in [9.17, 15) is 14.4 Å². The third-order valence-corrected chi connectivity index (χ3v) is 6.42. The first kappa shape index (κ1) is 25.8. The topological polar surface area (TPSA) is 88.6 Å². The van der Waals surface area contributed by atoms with Crippen molar-refractivity contribution in [3.8, 4) is 5.75 Å². The van der Waals surface area contributed by atoms with E-state index < -0.39 is 11.9 Å². The highest BCUT2D eigenvalue weighted by Crippen LogP contribution is 2.15. The quantitative estimate of drug-likeness (QED) is 0.405. The Morgan fingerprint density at radius 2 is 1.36 bits per heavy atom. The lowest BCUT2D eigenvalue weighted by Gasteiger charge is -2.35. The minimum atomic E-state index is -0.448. The average molecular weight is 496 g/mol. The Kier molecular flexibility index (Phi) is 9.05. The largest absolute Gasteiger partial charge is 0.461 e. The lowest BCUT2D eigenvalue weighted by molar-refractivity contribution is -0.136. The van der Waals surface area contributed by atoms with Gasteiger partial charge in [0.15, 0.2) is 0 Å². The lowest BCUT2D eigenvalue weighted by Crippen LogP contribution is -2.52. The zero-order chi connectivity index (χ0) is 25.3. The molecule has 2 heterocycles. The van der Waals surface area contributed by atoms with Crippen molar-refractivity contribution < 1.29 is 28.6 Å². The molecular weight excluding hydrogens is 462 g/mol. The summed E-state index contributed by atoms with van der Waals surface area (Å²) >= 11 is 0. The number of aryl methyl sites for hydroxylation is 1. The zero-order valence-electron chi connectivity index (χ0n) is 20.7. The summed E-state index contributed by atoms with van der Waals surface area (Å²) in [5, 5.41) is 0. The van der Waals surface area contributed by atoms with Crippen molar-refractivity contribution in [2.75, 3.05) is 72.2 Å². The second-order valence-corrected chi connectivity index (χ2v) is 9.03. The van der Waals surface area contributed by atoms with Gasteiger partial charge in [-0.15, -0.1) is 0 Å². The van der Waals surface area contributed by atoms with Crippen molar-refractivity contribution >= 4 is 17.8 Å². The van der Waals surface area contributed by atoms with E-state index in [4.69, 9.17) is 14.2 Å². The van der Waals surface area contributed by atoms with Crippen LogP contribution in [0.4, 0.5) is 0 Å². The normalized spacial score (nSPS) is 17.0. The number of esters is 2. The van der Waals surface area contributed by atoms with Gasteiger partial charge in [-0.1, -0.05) is 17.7 Å². The van der Waals surface area contributed by atoms with Crippen LogP contribution in [0.25, 0.3) is 0 Å². The first-order chi connectivity index (χ1) is 17.5. The molecule has 0 aliphatic carbocycles. The fourth-order valence-electron chi connectivity index (χ4n) is 4.14. The molecule has 4 rings (SSSR count). The van der Waals surface area contributed by atoms with Gasteiger partial charge in [-0.05, 0) is 43.3 Å². The Bertz CT molecular complexity index is 1030. The van der Waals surface area contributed by atoms with Gasteiger partial charge in [0.2, 0.25) is 5.91 Å². The zero-order valence-corrected chi connectivity index (χ0v) is 20.7. The second kappa shape index (κ2) is 12.6. The van der Waals surface area contributed by atoms with Gasteiger partial charge in [-0.25, -0.2) is 9.59 Å². The molecule has 0 spiro atoms. The molecule has 2 aromatic carbocycles. The average Bonchev–Trinajstić information content (AvgIpc) is 2.91. The molecule has 2 aliphatic rings. The van der Waals surface area contributed by atoms with Gasteiger partial charge in [0, 0.05) is 45.8 Å². The molecule has 0 radical (unpaired) electrons. The van der Waals surface area contributed by atoms with Crippen LogP contribution in [0, 0.1) is 6.92 Å². The standard InChI is InChI=1S/C27H33N3O6/c1-21-2-4-23(5-3-21)27(33)36-24-8-6-22(7-9-24)26(32)35-19-14-28-10-12-29(13-11-28)20-25(31)30-15-17-34-18-16-30/h2-9H,10-20H2,1H3. The minimum absolute atomic E-state index is 0.164. The van der Waals surface area contributed by atoms with Crippen LogP contribution >= 0.6 is 0 Å². The fourth-order valence-corrected chi connectivity index (χ4v) is 4.14. The molecule has 2 aromatic rings. The van der Waals surface area contributed by atoms with Gasteiger partial charge >= 0.3 is 11.9 Å². The Hall–Kier alpha value is -3.27. The molecule has 2 aliphatic heterocycles. The summed E-state index contributed by atoms with van der Waals surface area (Å²) in [7, 11) is 0. The third kappa shape index (κ3) is 7.36. The predicted octanol–water partition coefficient (Wildman–Crippen LogP) is 1.85. The summed E-state index contributed by atoms with van der Waals surface area (Å²) in [6.45, 7) is 9.18. The second-order valence-electron chi connectivity index (χ2n) is 9.03. The molecule has 1 amide bonds. The Labute approximate surface area is 211 Å². The summed E-state index contributed by atoms with van der Waals surface area (Å²) in [5.74, 6) is -0.337. The first-order valence-electron chi connectivity index (χ1n) is 12.3. The maximum absolute atomic E-state index is 12.4. The molecule has 36 heavy (non-hydrogen) atoms. The van der Waals surface area contributed by atoms with Crippen LogP contribution in [-0.2, 0) is 14.3 Å². The maximum atomic E-state index is 12.4. The molecular formula is C27H33N3O6. The number of rotatable bonds is 8. The van der Waals surface area contributed by atoms with Crippen molar-refractivity contribution in [3.05, 3.63) is 65.2 Å². The molecule has 0 aromatic heterocycles. The Balaban J connectivity index is 1.14. The number of carbonyl (C=O) groups is 3. The van der Waals surface area contributed by atoms with Crippen molar-refractivity contribution in [2.45, 2.75) is 6.92 Å². The number of hydrogen-bond acceptors (Lipinski definition) is 8. The SMILES string of the molecule is Cc1ccc(C(=O)Oc2ccc(C(=O)OCCN3CCN(CC(=O)N4CCOCC4)CC3)cc2)cc1. The highest BCUT2D eigenvalue weighted by atomic mass is 16.5. The van der Waals surface area contributed by atoms with Crippen molar-refractivity contribution in [1.29, 1.82) is 0 Å². The molecule has 0 bridgehead atoms. The maximum Gasteiger partial charge on any atom is 0.343 e. The van der Waals surface area contributed by atoms with Gasteiger partial charge in [-0.2, -0.15) is 0 Å². The third-order valence-electron chi connectivity index (χ3n) is 6.42. The van der Waals surface area contributed by atoms with Crippen molar-refractivity contribution in [1.82, 2.24) is 14.7 Å². The minimum Gasteiger partial charge on any atom is -0.461 e. The summed E-state index contributed by atoms with van der Waals surface area (Å²) in [6, 6.07) is 13.5.